The van der Waals surface area contributed by atoms with Crippen molar-refractivity contribution in [3.8, 4) is 28.7 Å². The number of rotatable bonds is 6. The summed E-state index contributed by atoms with van der Waals surface area (Å²) >= 11 is 1.63. The first kappa shape index (κ1) is 20.1. The molecule has 152 valence electrons. The van der Waals surface area contributed by atoms with Crippen LogP contribution in [-0.2, 0) is 0 Å². The molecule has 0 spiro atoms. The third-order valence-electron chi connectivity index (χ3n) is 4.69. The Balaban J connectivity index is 1.56. The lowest BCUT2D eigenvalue weighted by Crippen LogP contribution is -2.29. The van der Waals surface area contributed by atoms with E-state index in [9.17, 15) is 0 Å². The van der Waals surface area contributed by atoms with Crippen molar-refractivity contribution in [3.63, 3.8) is 0 Å². The van der Waals surface area contributed by atoms with Gasteiger partial charge in [0.2, 0.25) is 0 Å². The fourth-order valence-corrected chi connectivity index (χ4v) is 3.88. The standard InChI is InChI=1S/C24H24N4OS/c1-16(2)9-20(25)14-29-21-10-19(12-26-13-21)18-4-6-24-22(11-18)23(27-28-24)5-3-17-7-8-30-15-17/h4,6-8,10-13,15-16,20H,9,14,25H2,1-2H3,(H,27,28)/t20-/m0/s1. The average molecular weight is 417 g/mol. The molecule has 4 rings (SSSR count). The summed E-state index contributed by atoms with van der Waals surface area (Å²) in [6.45, 7) is 4.80. The van der Waals surface area contributed by atoms with E-state index in [1.165, 1.54) is 0 Å². The largest absolute Gasteiger partial charge is 0.490 e. The van der Waals surface area contributed by atoms with Gasteiger partial charge in [0.05, 0.1) is 11.7 Å². The lowest BCUT2D eigenvalue weighted by molar-refractivity contribution is 0.270. The highest BCUT2D eigenvalue weighted by atomic mass is 32.1. The number of pyridine rings is 1. The predicted molar refractivity (Wildman–Crippen MR) is 123 cm³/mol. The van der Waals surface area contributed by atoms with Gasteiger partial charge >= 0.3 is 0 Å². The SMILES string of the molecule is CC(C)C[C@H](N)COc1cncc(-c2ccc3n[nH]c(C#Cc4ccsc4)c3c2)c1. The monoisotopic (exact) mass is 416 g/mol. The Hall–Kier alpha value is -3.14. The normalized spacial score (nSPS) is 12.0. The summed E-state index contributed by atoms with van der Waals surface area (Å²) in [4.78, 5) is 4.34. The fourth-order valence-electron chi connectivity index (χ4n) is 3.29. The third-order valence-corrected chi connectivity index (χ3v) is 5.38. The minimum Gasteiger partial charge on any atom is -0.490 e. The van der Waals surface area contributed by atoms with E-state index in [0.717, 1.165) is 45.5 Å². The van der Waals surface area contributed by atoms with Gasteiger partial charge in [0.25, 0.3) is 0 Å². The summed E-state index contributed by atoms with van der Waals surface area (Å²) in [7, 11) is 0. The summed E-state index contributed by atoms with van der Waals surface area (Å²) in [5.41, 5.74) is 10.8. The quantitative estimate of drug-likeness (QED) is 0.441. The number of hydrogen-bond acceptors (Lipinski definition) is 5. The summed E-state index contributed by atoms with van der Waals surface area (Å²) in [6.07, 6.45) is 4.48. The lowest BCUT2D eigenvalue weighted by atomic mass is 10.0. The average Bonchev–Trinajstić information content (AvgIpc) is 3.40. The summed E-state index contributed by atoms with van der Waals surface area (Å²) < 4.78 is 5.88. The van der Waals surface area contributed by atoms with Gasteiger partial charge in [-0.05, 0) is 53.5 Å². The minimum atomic E-state index is 0.0142. The summed E-state index contributed by atoms with van der Waals surface area (Å²) in [5, 5.41) is 12.4. The van der Waals surface area contributed by atoms with Crippen molar-refractivity contribution in [2.75, 3.05) is 6.61 Å². The summed E-state index contributed by atoms with van der Waals surface area (Å²) in [5.74, 6) is 7.63. The van der Waals surface area contributed by atoms with Gasteiger partial charge in [0.1, 0.15) is 18.1 Å². The molecule has 6 heteroatoms. The highest BCUT2D eigenvalue weighted by Crippen LogP contribution is 2.27. The number of aromatic amines is 1. The molecule has 3 N–H and O–H groups in total. The van der Waals surface area contributed by atoms with Gasteiger partial charge in [-0.25, -0.2) is 0 Å². The van der Waals surface area contributed by atoms with Crippen LogP contribution in [0.4, 0.5) is 0 Å². The van der Waals surface area contributed by atoms with Crippen LogP contribution in [-0.4, -0.2) is 27.8 Å². The van der Waals surface area contributed by atoms with Crippen molar-refractivity contribution >= 4 is 22.2 Å². The van der Waals surface area contributed by atoms with Crippen molar-refractivity contribution in [2.24, 2.45) is 11.7 Å². The molecule has 30 heavy (non-hydrogen) atoms. The number of thiophene rings is 1. The van der Waals surface area contributed by atoms with E-state index < -0.39 is 0 Å². The zero-order chi connectivity index (χ0) is 20.9. The molecule has 1 atom stereocenters. The Kier molecular flexibility index (Phi) is 6.12. The van der Waals surface area contributed by atoms with Crippen molar-refractivity contribution < 1.29 is 4.74 Å². The molecule has 4 aromatic rings. The van der Waals surface area contributed by atoms with E-state index >= 15 is 0 Å². The van der Waals surface area contributed by atoms with E-state index in [2.05, 4.69) is 46.9 Å². The van der Waals surface area contributed by atoms with Crippen LogP contribution in [0, 0.1) is 17.8 Å². The Morgan fingerprint density at radius 3 is 2.83 bits per heavy atom. The summed E-state index contributed by atoms with van der Waals surface area (Å²) in [6, 6.07) is 10.1. The van der Waals surface area contributed by atoms with Gasteiger partial charge in [-0.2, -0.15) is 16.4 Å². The Labute approximate surface area is 180 Å². The van der Waals surface area contributed by atoms with Gasteiger partial charge < -0.3 is 10.5 Å². The first-order valence-electron chi connectivity index (χ1n) is 9.94. The van der Waals surface area contributed by atoms with Crippen molar-refractivity contribution in [1.82, 2.24) is 15.2 Å². The molecule has 0 saturated carbocycles. The Bertz CT molecular complexity index is 1180. The van der Waals surface area contributed by atoms with Gasteiger partial charge in [-0.1, -0.05) is 25.8 Å². The minimum absolute atomic E-state index is 0.0142. The van der Waals surface area contributed by atoms with Crippen LogP contribution in [0.15, 0.2) is 53.5 Å². The number of nitrogens with two attached hydrogens (primary N) is 1. The maximum atomic E-state index is 6.13. The molecular formula is C24H24N4OS. The van der Waals surface area contributed by atoms with Gasteiger partial charge in [0, 0.05) is 34.1 Å². The number of fused-ring (bicyclic) bond motifs is 1. The molecule has 0 fully saturated rings. The van der Waals surface area contributed by atoms with Crippen molar-refractivity contribution in [3.05, 3.63) is 64.7 Å². The van der Waals surface area contributed by atoms with Crippen LogP contribution in [0.3, 0.4) is 0 Å². The number of H-pyrrole nitrogens is 1. The van der Waals surface area contributed by atoms with Crippen LogP contribution in [0.5, 0.6) is 5.75 Å². The molecule has 5 nitrogen and oxygen atoms in total. The molecule has 1 aromatic carbocycles. The molecule has 0 unspecified atom stereocenters. The van der Waals surface area contributed by atoms with E-state index in [0.29, 0.717) is 12.5 Å². The van der Waals surface area contributed by atoms with Crippen molar-refractivity contribution in [1.29, 1.82) is 0 Å². The van der Waals surface area contributed by atoms with Crippen LogP contribution >= 0.6 is 11.3 Å². The lowest BCUT2D eigenvalue weighted by Gasteiger charge is -2.15. The number of nitrogens with one attached hydrogen (secondary N) is 1. The number of hydrogen-bond donors (Lipinski definition) is 2. The Morgan fingerprint density at radius 1 is 1.13 bits per heavy atom. The third kappa shape index (κ3) is 4.88. The van der Waals surface area contributed by atoms with E-state index in [4.69, 9.17) is 10.5 Å². The maximum Gasteiger partial charge on any atom is 0.138 e. The molecule has 0 bridgehead atoms. The molecule has 0 saturated heterocycles. The zero-order valence-electron chi connectivity index (χ0n) is 17.1. The van der Waals surface area contributed by atoms with Crippen LogP contribution in [0.2, 0.25) is 0 Å². The molecule has 0 aliphatic rings. The maximum absolute atomic E-state index is 6.13. The second kappa shape index (κ2) is 9.12. The van der Waals surface area contributed by atoms with Gasteiger partial charge in [-0.15, -0.1) is 0 Å². The van der Waals surface area contributed by atoms with E-state index in [-0.39, 0.29) is 6.04 Å². The highest BCUT2D eigenvalue weighted by molar-refractivity contribution is 7.08. The van der Waals surface area contributed by atoms with Crippen LogP contribution < -0.4 is 10.5 Å². The van der Waals surface area contributed by atoms with Gasteiger partial charge in [-0.3, -0.25) is 10.1 Å². The topological polar surface area (TPSA) is 76.8 Å². The molecular weight excluding hydrogens is 392 g/mol. The number of ether oxygens (including phenoxy) is 1. The first-order valence-corrected chi connectivity index (χ1v) is 10.9. The second-order valence-electron chi connectivity index (χ2n) is 7.70. The molecule has 3 heterocycles. The molecule has 3 aromatic heterocycles. The zero-order valence-corrected chi connectivity index (χ0v) is 17.9. The first-order chi connectivity index (χ1) is 14.6. The molecule has 0 radical (unpaired) electrons. The van der Waals surface area contributed by atoms with Gasteiger partial charge in [0.15, 0.2) is 0 Å². The Morgan fingerprint density at radius 2 is 2.03 bits per heavy atom. The van der Waals surface area contributed by atoms with Crippen LogP contribution in [0.25, 0.3) is 22.0 Å². The van der Waals surface area contributed by atoms with E-state index in [1.54, 1.807) is 17.5 Å². The second-order valence-corrected chi connectivity index (χ2v) is 8.48. The number of nitrogens with zero attached hydrogens (tertiary/aromatic N) is 2. The molecule has 0 aliphatic carbocycles. The predicted octanol–water partition coefficient (Wildman–Crippen LogP) is 4.84. The molecule has 0 amide bonds. The fraction of sp³-hybridized carbons (Fsp3) is 0.250. The van der Waals surface area contributed by atoms with Crippen LogP contribution in [0.1, 0.15) is 31.5 Å². The molecule has 0 aliphatic heterocycles. The van der Waals surface area contributed by atoms with E-state index in [1.807, 2.05) is 41.2 Å². The highest BCUT2D eigenvalue weighted by Gasteiger charge is 2.09. The number of benzene rings is 1. The number of aromatic nitrogens is 3. The van der Waals surface area contributed by atoms with Crippen molar-refractivity contribution in [2.45, 2.75) is 26.3 Å². The smallest absolute Gasteiger partial charge is 0.138 e.